The smallest absolute Gasteiger partial charge is 0.123 e. The molecule has 3 heteroatoms. The van der Waals surface area contributed by atoms with E-state index in [1.54, 1.807) is 0 Å². The van der Waals surface area contributed by atoms with Gasteiger partial charge in [0.25, 0.3) is 0 Å². The van der Waals surface area contributed by atoms with Crippen molar-refractivity contribution < 1.29 is 4.39 Å². The third-order valence-electron chi connectivity index (χ3n) is 4.35. The molecule has 0 spiro atoms. The summed E-state index contributed by atoms with van der Waals surface area (Å²) in [6.45, 7) is 9.21. The molecule has 0 saturated carbocycles. The van der Waals surface area contributed by atoms with Crippen molar-refractivity contribution in [1.29, 1.82) is 0 Å². The predicted octanol–water partition coefficient (Wildman–Crippen LogP) is 3.60. The van der Waals surface area contributed by atoms with Crippen molar-refractivity contribution in [2.75, 3.05) is 26.2 Å². The molecule has 1 fully saturated rings. The van der Waals surface area contributed by atoms with Gasteiger partial charge in [0.2, 0.25) is 0 Å². The van der Waals surface area contributed by atoms with Gasteiger partial charge < -0.3 is 10.2 Å². The van der Waals surface area contributed by atoms with Gasteiger partial charge >= 0.3 is 0 Å². The summed E-state index contributed by atoms with van der Waals surface area (Å²) in [7, 11) is 0. The fraction of sp³-hybridized carbons (Fsp3) is 0.647. The summed E-state index contributed by atoms with van der Waals surface area (Å²) >= 11 is 0. The van der Waals surface area contributed by atoms with E-state index in [0.717, 1.165) is 18.0 Å². The molecule has 20 heavy (non-hydrogen) atoms. The largest absolute Gasteiger partial charge is 0.310 e. The number of benzene rings is 1. The average molecular weight is 278 g/mol. The van der Waals surface area contributed by atoms with Gasteiger partial charge in [0.1, 0.15) is 5.82 Å². The van der Waals surface area contributed by atoms with E-state index in [2.05, 4.69) is 24.1 Å². The van der Waals surface area contributed by atoms with Gasteiger partial charge in [-0.1, -0.05) is 19.1 Å². The Labute approximate surface area is 122 Å². The number of rotatable bonds is 6. The second-order valence-corrected chi connectivity index (χ2v) is 6.11. The van der Waals surface area contributed by atoms with Crippen LogP contribution >= 0.6 is 0 Å². The zero-order valence-corrected chi connectivity index (χ0v) is 12.7. The maximum absolute atomic E-state index is 12.9. The normalized spacial score (nSPS) is 19.1. The maximum atomic E-state index is 12.9. The second kappa shape index (κ2) is 7.75. The van der Waals surface area contributed by atoms with Crippen molar-refractivity contribution in [3.8, 4) is 0 Å². The van der Waals surface area contributed by atoms with Crippen LogP contribution in [0.3, 0.4) is 0 Å². The lowest BCUT2D eigenvalue weighted by Crippen LogP contribution is -2.35. The van der Waals surface area contributed by atoms with E-state index in [0.29, 0.717) is 0 Å². The molecule has 112 valence electrons. The highest BCUT2D eigenvalue weighted by molar-refractivity contribution is 5.19. The molecule has 1 atom stereocenters. The second-order valence-electron chi connectivity index (χ2n) is 6.11. The monoisotopic (exact) mass is 278 g/mol. The van der Waals surface area contributed by atoms with Crippen LogP contribution < -0.4 is 5.32 Å². The highest BCUT2D eigenvalue weighted by Crippen LogP contribution is 2.16. The molecule has 2 nitrogen and oxygen atoms in total. The number of piperidine rings is 1. The van der Waals surface area contributed by atoms with E-state index in [1.165, 1.54) is 51.0 Å². The molecule has 0 amide bonds. The summed E-state index contributed by atoms with van der Waals surface area (Å²) in [4.78, 5) is 2.57. The van der Waals surface area contributed by atoms with E-state index in [4.69, 9.17) is 0 Å². The molecular formula is C17H27FN2. The lowest BCUT2D eigenvalue weighted by atomic mass is 9.99. The Kier molecular flexibility index (Phi) is 5.99. The first-order chi connectivity index (χ1) is 9.65. The van der Waals surface area contributed by atoms with Gasteiger partial charge in [-0.25, -0.2) is 4.39 Å². The Balaban J connectivity index is 1.62. The van der Waals surface area contributed by atoms with Crippen molar-refractivity contribution in [1.82, 2.24) is 10.2 Å². The van der Waals surface area contributed by atoms with Crippen molar-refractivity contribution in [2.45, 2.75) is 39.2 Å². The fourth-order valence-electron chi connectivity index (χ4n) is 2.78. The van der Waals surface area contributed by atoms with Crippen LogP contribution in [-0.4, -0.2) is 31.1 Å². The molecule has 0 radical (unpaired) electrons. The third-order valence-corrected chi connectivity index (χ3v) is 4.35. The van der Waals surface area contributed by atoms with E-state index in [1.807, 2.05) is 12.1 Å². The van der Waals surface area contributed by atoms with Gasteiger partial charge in [0.15, 0.2) is 0 Å². The van der Waals surface area contributed by atoms with Crippen LogP contribution in [-0.2, 0) is 0 Å². The highest BCUT2D eigenvalue weighted by atomic mass is 19.1. The van der Waals surface area contributed by atoms with Crippen molar-refractivity contribution in [3.05, 3.63) is 35.6 Å². The van der Waals surface area contributed by atoms with Gasteiger partial charge in [-0.2, -0.15) is 0 Å². The minimum atomic E-state index is -0.166. The molecule has 1 saturated heterocycles. The Morgan fingerprint density at radius 2 is 1.90 bits per heavy atom. The molecule has 1 N–H and O–H groups in total. The van der Waals surface area contributed by atoms with Crippen LogP contribution in [0.4, 0.5) is 4.39 Å². The predicted molar refractivity (Wildman–Crippen MR) is 82.3 cm³/mol. The van der Waals surface area contributed by atoms with E-state index < -0.39 is 0 Å². The van der Waals surface area contributed by atoms with Crippen LogP contribution in [0.15, 0.2) is 24.3 Å². The minimum absolute atomic E-state index is 0.166. The molecule has 1 aliphatic rings. The van der Waals surface area contributed by atoms with E-state index >= 15 is 0 Å². The van der Waals surface area contributed by atoms with Gasteiger partial charge in [0.05, 0.1) is 0 Å². The number of nitrogens with one attached hydrogen (secondary N) is 1. The minimum Gasteiger partial charge on any atom is -0.310 e. The van der Waals surface area contributed by atoms with Gasteiger partial charge in [0, 0.05) is 6.04 Å². The van der Waals surface area contributed by atoms with Gasteiger partial charge in [-0.15, -0.1) is 0 Å². The molecule has 0 aromatic heterocycles. The highest BCUT2D eigenvalue weighted by Gasteiger charge is 2.14. The molecule has 0 bridgehead atoms. The quantitative estimate of drug-likeness (QED) is 0.800. The number of nitrogens with zero attached hydrogens (tertiary/aromatic N) is 1. The first kappa shape index (κ1) is 15.5. The molecule has 2 rings (SSSR count). The van der Waals surface area contributed by atoms with Crippen molar-refractivity contribution in [2.24, 2.45) is 5.92 Å². The SMILES string of the molecule is CC1CCN(CCCNC(C)c2ccc(F)cc2)CC1. The molecule has 1 unspecified atom stereocenters. The average Bonchev–Trinajstić information content (AvgIpc) is 2.46. The first-order valence-corrected chi connectivity index (χ1v) is 7.86. The molecule has 1 aliphatic heterocycles. The summed E-state index contributed by atoms with van der Waals surface area (Å²) in [5.74, 6) is 0.739. The van der Waals surface area contributed by atoms with Crippen molar-refractivity contribution in [3.63, 3.8) is 0 Å². The Bertz CT molecular complexity index is 382. The van der Waals surface area contributed by atoms with Gasteiger partial charge in [-0.3, -0.25) is 0 Å². The zero-order valence-electron chi connectivity index (χ0n) is 12.7. The zero-order chi connectivity index (χ0) is 14.4. The van der Waals surface area contributed by atoms with Gasteiger partial charge in [-0.05, 0) is 76.0 Å². The summed E-state index contributed by atoms with van der Waals surface area (Å²) in [5, 5.41) is 3.52. The summed E-state index contributed by atoms with van der Waals surface area (Å²) < 4.78 is 12.9. The van der Waals surface area contributed by atoms with Crippen molar-refractivity contribution >= 4 is 0 Å². The fourth-order valence-corrected chi connectivity index (χ4v) is 2.78. The number of hydrogen-bond donors (Lipinski definition) is 1. The Morgan fingerprint density at radius 3 is 2.55 bits per heavy atom. The number of halogens is 1. The van der Waals surface area contributed by atoms with Crippen LogP contribution in [0.2, 0.25) is 0 Å². The van der Waals surface area contributed by atoms with Crippen LogP contribution in [0.1, 0.15) is 44.7 Å². The molecule has 1 aromatic carbocycles. The maximum Gasteiger partial charge on any atom is 0.123 e. The molecule has 0 aliphatic carbocycles. The Hall–Kier alpha value is -0.930. The van der Waals surface area contributed by atoms with Crippen LogP contribution in [0.5, 0.6) is 0 Å². The Morgan fingerprint density at radius 1 is 1.25 bits per heavy atom. The molecule has 1 heterocycles. The first-order valence-electron chi connectivity index (χ1n) is 7.86. The van der Waals surface area contributed by atoms with Crippen LogP contribution in [0, 0.1) is 11.7 Å². The van der Waals surface area contributed by atoms with E-state index in [9.17, 15) is 4.39 Å². The van der Waals surface area contributed by atoms with Crippen LogP contribution in [0.25, 0.3) is 0 Å². The van der Waals surface area contributed by atoms with E-state index in [-0.39, 0.29) is 11.9 Å². The molecular weight excluding hydrogens is 251 g/mol. The number of likely N-dealkylation sites (tertiary alicyclic amines) is 1. The number of hydrogen-bond acceptors (Lipinski definition) is 2. The summed E-state index contributed by atoms with van der Waals surface area (Å²) in [5.41, 5.74) is 1.15. The summed E-state index contributed by atoms with van der Waals surface area (Å²) in [6, 6.07) is 7.07. The molecule has 1 aromatic rings. The lowest BCUT2D eigenvalue weighted by molar-refractivity contribution is 0.190. The topological polar surface area (TPSA) is 15.3 Å². The lowest BCUT2D eigenvalue weighted by Gasteiger charge is -2.30. The third kappa shape index (κ3) is 4.88. The summed E-state index contributed by atoms with van der Waals surface area (Å²) in [6.07, 6.45) is 3.87. The standard InChI is InChI=1S/C17H27FN2/c1-14-8-12-20(13-9-14)11-3-10-19-15(2)16-4-6-17(18)7-5-16/h4-7,14-15,19H,3,8-13H2,1-2H3.